The van der Waals surface area contributed by atoms with E-state index in [0.717, 1.165) is 0 Å². The molecular weight excluding hydrogens is 156 g/mol. The van der Waals surface area contributed by atoms with Crippen LogP contribution in [0.2, 0.25) is 0 Å². The highest BCUT2D eigenvalue weighted by Gasteiger charge is 2.05. The molecule has 0 spiro atoms. The lowest BCUT2D eigenvalue weighted by Gasteiger charge is -2.04. The van der Waals surface area contributed by atoms with Crippen LogP contribution in [-0.2, 0) is 0 Å². The molecule has 3 heteroatoms. The quantitative estimate of drug-likeness (QED) is 0.675. The lowest BCUT2D eigenvalue weighted by atomic mass is 10.1. The summed E-state index contributed by atoms with van der Waals surface area (Å²) in [5, 5.41) is 0. The predicted octanol–water partition coefficient (Wildman–Crippen LogP) is 1.77. The second-order valence-electron chi connectivity index (χ2n) is 2.87. The highest BCUT2D eigenvalue weighted by Crippen LogP contribution is 2.17. The van der Waals surface area contributed by atoms with Crippen molar-refractivity contribution in [2.45, 2.75) is 19.8 Å². The smallest absolute Gasteiger partial charge is 0.339 e. The molecule has 12 heavy (non-hydrogen) atoms. The molecule has 66 valence electrons. The maximum Gasteiger partial charge on any atom is 0.339 e. The SMILES string of the molecule is COc1cc(C(C)C)oc(=O)c1. The summed E-state index contributed by atoms with van der Waals surface area (Å²) in [5.41, 5.74) is -0.363. The Kier molecular flexibility index (Phi) is 2.53. The molecule has 1 heterocycles. The number of hydrogen-bond donors (Lipinski definition) is 0. The normalized spacial score (nSPS) is 10.3. The van der Waals surface area contributed by atoms with E-state index < -0.39 is 0 Å². The zero-order valence-electron chi connectivity index (χ0n) is 7.46. The van der Waals surface area contributed by atoms with Crippen LogP contribution in [0.3, 0.4) is 0 Å². The third-order valence-electron chi connectivity index (χ3n) is 1.57. The Hall–Kier alpha value is -1.25. The fourth-order valence-electron chi connectivity index (χ4n) is 0.875. The van der Waals surface area contributed by atoms with Crippen LogP contribution < -0.4 is 10.4 Å². The summed E-state index contributed by atoms with van der Waals surface area (Å²) < 4.78 is 9.87. The van der Waals surface area contributed by atoms with Crippen molar-refractivity contribution in [2.75, 3.05) is 7.11 Å². The molecular formula is C9H12O3. The summed E-state index contributed by atoms with van der Waals surface area (Å²) in [5.74, 6) is 1.40. The van der Waals surface area contributed by atoms with Crippen LogP contribution >= 0.6 is 0 Å². The first kappa shape index (κ1) is 8.84. The highest BCUT2D eigenvalue weighted by molar-refractivity contribution is 5.21. The van der Waals surface area contributed by atoms with E-state index in [1.807, 2.05) is 13.8 Å². The summed E-state index contributed by atoms with van der Waals surface area (Å²) in [6.07, 6.45) is 0. The van der Waals surface area contributed by atoms with Crippen molar-refractivity contribution >= 4 is 0 Å². The third-order valence-corrected chi connectivity index (χ3v) is 1.57. The first-order chi connectivity index (χ1) is 5.63. The molecule has 0 fully saturated rings. The van der Waals surface area contributed by atoms with E-state index in [9.17, 15) is 4.79 Å². The summed E-state index contributed by atoms with van der Waals surface area (Å²) >= 11 is 0. The molecule has 0 amide bonds. The number of ether oxygens (including phenoxy) is 1. The minimum atomic E-state index is -0.363. The van der Waals surface area contributed by atoms with Gasteiger partial charge in [0, 0.05) is 12.0 Å². The van der Waals surface area contributed by atoms with Crippen LogP contribution in [-0.4, -0.2) is 7.11 Å². The second kappa shape index (κ2) is 3.43. The van der Waals surface area contributed by atoms with Gasteiger partial charge in [0.25, 0.3) is 0 Å². The summed E-state index contributed by atoms with van der Waals surface area (Å²) in [6.45, 7) is 3.91. The lowest BCUT2D eigenvalue weighted by molar-refractivity contribution is 0.386. The van der Waals surface area contributed by atoms with Crippen LogP contribution in [0.15, 0.2) is 21.3 Å². The molecule has 0 aliphatic heterocycles. The average Bonchev–Trinajstić information content (AvgIpc) is 2.03. The van der Waals surface area contributed by atoms with Gasteiger partial charge < -0.3 is 9.15 Å². The van der Waals surface area contributed by atoms with Crippen LogP contribution in [0, 0.1) is 0 Å². The minimum absolute atomic E-state index is 0.202. The standard InChI is InChI=1S/C9H12O3/c1-6(2)8-4-7(11-3)5-9(10)12-8/h4-6H,1-3H3. The van der Waals surface area contributed by atoms with Crippen molar-refractivity contribution in [1.82, 2.24) is 0 Å². The van der Waals surface area contributed by atoms with Gasteiger partial charge in [-0.3, -0.25) is 0 Å². The van der Waals surface area contributed by atoms with Gasteiger partial charge in [0.05, 0.1) is 13.2 Å². The van der Waals surface area contributed by atoms with E-state index in [2.05, 4.69) is 0 Å². The summed E-state index contributed by atoms with van der Waals surface area (Å²) in [7, 11) is 1.53. The van der Waals surface area contributed by atoms with E-state index >= 15 is 0 Å². The van der Waals surface area contributed by atoms with Crippen LogP contribution in [0.25, 0.3) is 0 Å². The Balaban J connectivity index is 3.15. The minimum Gasteiger partial charge on any atom is -0.496 e. The molecule has 0 N–H and O–H groups in total. The van der Waals surface area contributed by atoms with E-state index in [4.69, 9.17) is 9.15 Å². The summed E-state index contributed by atoms with van der Waals surface area (Å²) in [6, 6.07) is 3.05. The van der Waals surface area contributed by atoms with Crippen molar-refractivity contribution in [2.24, 2.45) is 0 Å². The van der Waals surface area contributed by atoms with Gasteiger partial charge in [0.2, 0.25) is 0 Å². The molecule has 0 saturated heterocycles. The highest BCUT2D eigenvalue weighted by atomic mass is 16.5. The van der Waals surface area contributed by atoms with Crippen molar-refractivity contribution in [3.05, 3.63) is 28.3 Å². The van der Waals surface area contributed by atoms with E-state index in [-0.39, 0.29) is 11.5 Å². The molecule has 0 bridgehead atoms. The fraction of sp³-hybridized carbons (Fsp3) is 0.444. The Labute approximate surface area is 71.0 Å². The summed E-state index contributed by atoms with van der Waals surface area (Å²) in [4.78, 5) is 10.9. The van der Waals surface area contributed by atoms with Gasteiger partial charge in [-0.2, -0.15) is 0 Å². The first-order valence-corrected chi connectivity index (χ1v) is 3.82. The molecule has 0 aliphatic carbocycles. The Morgan fingerprint density at radius 2 is 2.08 bits per heavy atom. The first-order valence-electron chi connectivity index (χ1n) is 3.82. The average molecular weight is 168 g/mol. The Morgan fingerprint density at radius 3 is 2.58 bits per heavy atom. The van der Waals surface area contributed by atoms with Crippen molar-refractivity contribution in [3.8, 4) is 5.75 Å². The van der Waals surface area contributed by atoms with Crippen molar-refractivity contribution in [3.63, 3.8) is 0 Å². The Morgan fingerprint density at radius 1 is 1.42 bits per heavy atom. The van der Waals surface area contributed by atoms with E-state index in [1.54, 1.807) is 6.07 Å². The van der Waals surface area contributed by atoms with Gasteiger partial charge in [-0.1, -0.05) is 13.8 Å². The van der Waals surface area contributed by atoms with Crippen LogP contribution in [0.4, 0.5) is 0 Å². The fourth-order valence-corrected chi connectivity index (χ4v) is 0.875. The number of rotatable bonds is 2. The van der Waals surface area contributed by atoms with Crippen LogP contribution in [0.5, 0.6) is 5.75 Å². The number of methoxy groups -OCH3 is 1. The van der Waals surface area contributed by atoms with Gasteiger partial charge in [0.15, 0.2) is 0 Å². The second-order valence-corrected chi connectivity index (χ2v) is 2.87. The third kappa shape index (κ3) is 1.87. The Bertz CT molecular complexity index is 312. The largest absolute Gasteiger partial charge is 0.496 e. The molecule has 0 atom stereocenters. The number of hydrogen-bond acceptors (Lipinski definition) is 3. The van der Waals surface area contributed by atoms with Gasteiger partial charge >= 0.3 is 5.63 Å². The van der Waals surface area contributed by atoms with Crippen molar-refractivity contribution in [1.29, 1.82) is 0 Å². The monoisotopic (exact) mass is 168 g/mol. The maximum absolute atomic E-state index is 10.9. The van der Waals surface area contributed by atoms with E-state index in [1.165, 1.54) is 13.2 Å². The van der Waals surface area contributed by atoms with Gasteiger partial charge in [-0.15, -0.1) is 0 Å². The zero-order valence-corrected chi connectivity index (χ0v) is 7.46. The van der Waals surface area contributed by atoms with Gasteiger partial charge in [0.1, 0.15) is 11.5 Å². The molecule has 0 unspecified atom stereocenters. The van der Waals surface area contributed by atoms with Crippen molar-refractivity contribution < 1.29 is 9.15 Å². The lowest BCUT2D eigenvalue weighted by Crippen LogP contribution is -2.02. The molecule has 1 aromatic rings. The van der Waals surface area contributed by atoms with Crippen LogP contribution in [0.1, 0.15) is 25.5 Å². The molecule has 0 aromatic carbocycles. The van der Waals surface area contributed by atoms with E-state index in [0.29, 0.717) is 11.5 Å². The molecule has 0 aliphatic rings. The molecule has 0 saturated carbocycles. The molecule has 1 aromatic heterocycles. The molecule has 3 nitrogen and oxygen atoms in total. The zero-order chi connectivity index (χ0) is 9.14. The topological polar surface area (TPSA) is 39.4 Å². The molecule has 0 radical (unpaired) electrons. The predicted molar refractivity (Wildman–Crippen MR) is 45.6 cm³/mol. The molecule has 1 rings (SSSR count). The maximum atomic E-state index is 10.9. The van der Waals surface area contributed by atoms with Gasteiger partial charge in [-0.05, 0) is 0 Å². The van der Waals surface area contributed by atoms with Gasteiger partial charge in [-0.25, -0.2) is 4.79 Å².